The fourth-order valence-electron chi connectivity index (χ4n) is 3.86. The van der Waals surface area contributed by atoms with Gasteiger partial charge in [0.1, 0.15) is 10.6 Å². The predicted molar refractivity (Wildman–Crippen MR) is 111 cm³/mol. The molecule has 0 spiro atoms. The van der Waals surface area contributed by atoms with Crippen molar-refractivity contribution in [2.45, 2.75) is 51.0 Å². The van der Waals surface area contributed by atoms with E-state index in [1.807, 2.05) is 0 Å². The first-order valence-electron chi connectivity index (χ1n) is 9.54. The molecule has 0 radical (unpaired) electrons. The van der Waals surface area contributed by atoms with E-state index in [1.54, 1.807) is 23.1 Å². The third kappa shape index (κ3) is 3.23. The number of ether oxygens (including phenoxy) is 1. The van der Waals surface area contributed by atoms with Gasteiger partial charge in [-0.05, 0) is 31.7 Å². The SMILES string of the molecule is CCN1CCN(c2nc(SC)nc3sc4c(c23)C[C@@](C)(CC)OC4)CC1. The first kappa shape index (κ1) is 18.5. The van der Waals surface area contributed by atoms with Crippen LogP contribution >= 0.6 is 23.1 Å². The Hall–Kier alpha value is -0.890. The van der Waals surface area contributed by atoms with E-state index in [2.05, 4.69) is 36.8 Å². The monoisotopic (exact) mass is 392 g/mol. The summed E-state index contributed by atoms with van der Waals surface area (Å²) in [6.45, 7) is 12.8. The fraction of sp³-hybridized carbons (Fsp3) is 0.684. The van der Waals surface area contributed by atoms with Crippen LogP contribution in [0, 0.1) is 0 Å². The summed E-state index contributed by atoms with van der Waals surface area (Å²) in [4.78, 5) is 17.3. The molecule has 0 bridgehead atoms. The summed E-state index contributed by atoms with van der Waals surface area (Å²) in [6.07, 6.45) is 4.05. The van der Waals surface area contributed by atoms with Gasteiger partial charge in [0.05, 0.1) is 17.6 Å². The number of thioether (sulfide) groups is 1. The summed E-state index contributed by atoms with van der Waals surface area (Å²) in [5.74, 6) is 1.15. The van der Waals surface area contributed by atoms with Gasteiger partial charge in [-0.15, -0.1) is 11.3 Å². The molecule has 1 saturated heterocycles. The molecule has 2 aromatic rings. The number of anilines is 1. The van der Waals surface area contributed by atoms with E-state index >= 15 is 0 Å². The molecule has 2 aliphatic heterocycles. The Morgan fingerprint density at radius 3 is 2.62 bits per heavy atom. The molecule has 1 fully saturated rings. The lowest BCUT2D eigenvalue weighted by Gasteiger charge is -2.36. The quantitative estimate of drug-likeness (QED) is 0.582. The summed E-state index contributed by atoms with van der Waals surface area (Å²) < 4.78 is 6.18. The third-order valence-electron chi connectivity index (χ3n) is 5.85. The number of aromatic nitrogens is 2. The van der Waals surface area contributed by atoms with Gasteiger partial charge in [-0.2, -0.15) is 0 Å². The van der Waals surface area contributed by atoms with Gasteiger partial charge in [-0.1, -0.05) is 25.6 Å². The average Bonchev–Trinajstić information content (AvgIpc) is 3.04. The predicted octanol–water partition coefficient (Wildman–Crippen LogP) is 3.80. The van der Waals surface area contributed by atoms with Gasteiger partial charge in [0.25, 0.3) is 0 Å². The van der Waals surface area contributed by atoms with Crippen LogP contribution in [0.3, 0.4) is 0 Å². The van der Waals surface area contributed by atoms with Crippen molar-refractivity contribution in [3.05, 3.63) is 10.4 Å². The van der Waals surface area contributed by atoms with Crippen molar-refractivity contribution < 1.29 is 4.74 Å². The summed E-state index contributed by atoms with van der Waals surface area (Å²) in [6, 6.07) is 0. The van der Waals surface area contributed by atoms with Gasteiger partial charge in [-0.3, -0.25) is 0 Å². The molecular weight excluding hydrogens is 364 g/mol. The highest BCUT2D eigenvalue weighted by molar-refractivity contribution is 7.98. The van der Waals surface area contributed by atoms with Crippen molar-refractivity contribution in [2.75, 3.05) is 43.9 Å². The zero-order valence-electron chi connectivity index (χ0n) is 16.2. The van der Waals surface area contributed by atoms with Gasteiger partial charge in [-0.25, -0.2) is 9.97 Å². The second-order valence-corrected chi connectivity index (χ2v) is 9.27. The lowest BCUT2D eigenvalue weighted by atomic mass is 9.90. The van der Waals surface area contributed by atoms with E-state index in [0.717, 1.165) is 61.4 Å². The summed E-state index contributed by atoms with van der Waals surface area (Å²) in [7, 11) is 0. The molecule has 2 aliphatic rings. The minimum atomic E-state index is -0.0721. The van der Waals surface area contributed by atoms with Crippen LogP contribution in [0.25, 0.3) is 10.2 Å². The van der Waals surface area contributed by atoms with Gasteiger partial charge in [0.15, 0.2) is 5.16 Å². The van der Waals surface area contributed by atoms with E-state index in [4.69, 9.17) is 14.7 Å². The lowest BCUT2D eigenvalue weighted by Crippen LogP contribution is -2.46. The summed E-state index contributed by atoms with van der Waals surface area (Å²) >= 11 is 3.43. The second-order valence-electron chi connectivity index (χ2n) is 7.41. The molecule has 0 amide bonds. The molecule has 0 aromatic carbocycles. The van der Waals surface area contributed by atoms with Gasteiger partial charge < -0.3 is 14.5 Å². The number of likely N-dealkylation sites (N-methyl/N-ethyl adjacent to an activating group) is 1. The lowest BCUT2D eigenvalue weighted by molar-refractivity contribution is -0.0543. The highest BCUT2D eigenvalue weighted by Crippen LogP contribution is 2.43. The molecule has 2 aromatic heterocycles. The van der Waals surface area contributed by atoms with Crippen molar-refractivity contribution in [2.24, 2.45) is 0 Å². The topological polar surface area (TPSA) is 41.5 Å². The van der Waals surface area contributed by atoms with Crippen LogP contribution in [0.4, 0.5) is 5.82 Å². The Labute approximate surface area is 164 Å². The average molecular weight is 393 g/mol. The van der Waals surface area contributed by atoms with E-state index in [1.165, 1.54) is 15.8 Å². The normalized spacial score (nSPS) is 24.2. The Balaban J connectivity index is 1.80. The van der Waals surface area contributed by atoms with Crippen molar-refractivity contribution >= 4 is 39.1 Å². The number of hydrogen-bond donors (Lipinski definition) is 0. The zero-order chi connectivity index (χ0) is 18.3. The van der Waals surface area contributed by atoms with E-state index < -0.39 is 0 Å². The van der Waals surface area contributed by atoms with E-state index in [9.17, 15) is 0 Å². The molecule has 0 saturated carbocycles. The Bertz CT molecular complexity index is 800. The zero-order valence-corrected chi connectivity index (χ0v) is 17.8. The maximum atomic E-state index is 6.18. The third-order valence-corrected chi connectivity index (χ3v) is 7.49. The van der Waals surface area contributed by atoms with Crippen LogP contribution in [-0.2, 0) is 17.8 Å². The Morgan fingerprint density at radius 1 is 1.19 bits per heavy atom. The van der Waals surface area contributed by atoms with Crippen LogP contribution in [0.5, 0.6) is 0 Å². The Morgan fingerprint density at radius 2 is 1.96 bits per heavy atom. The molecule has 0 N–H and O–H groups in total. The van der Waals surface area contributed by atoms with Crippen LogP contribution in [0.2, 0.25) is 0 Å². The van der Waals surface area contributed by atoms with Gasteiger partial charge >= 0.3 is 0 Å². The molecule has 7 heteroatoms. The number of nitrogens with zero attached hydrogens (tertiary/aromatic N) is 4. The first-order valence-corrected chi connectivity index (χ1v) is 11.6. The van der Waals surface area contributed by atoms with Crippen LogP contribution in [0.1, 0.15) is 37.6 Å². The fourth-order valence-corrected chi connectivity index (χ4v) is 5.37. The molecule has 0 unspecified atom stereocenters. The highest BCUT2D eigenvalue weighted by Gasteiger charge is 2.34. The maximum absolute atomic E-state index is 6.18. The van der Waals surface area contributed by atoms with Gasteiger partial charge in [0.2, 0.25) is 0 Å². The number of rotatable bonds is 4. The van der Waals surface area contributed by atoms with Crippen LogP contribution in [-0.4, -0.2) is 59.4 Å². The minimum Gasteiger partial charge on any atom is -0.369 e. The first-order chi connectivity index (χ1) is 12.6. The smallest absolute Gasteiger partial charge is 0.190 e. The molecule has 4 rings (SSSR count). The molecule has 1 atom stereocenters. The van der Waals surface area contributed by atoms with Crippen molar-refractivity contribution in [1.82, 2.24) is 14.9 Å². The van der Waals surface area contributed by atoms with Crippen LogP contribution < -0.4 is 4.90 Å². The summed E-state index contributed by atoms with van der Waals surface area (Å²) in [5.41, 5.74) is 1.36. The molecule has 26 heavy (non-hydrogen) atoms. The standard InChI is InChI=1S/C19H28N4OS2/c1-5-19(3)11-13-14(12-24-19)26-17-15(13)16(20-18(21-17)25-4)23-9-7-22(6-2)8-10-23/h5-12H2,1-4H3/t19-/m1/s1. The van der Waals surface area contributed by atoms with E-state index in [-0.39, 0.29) is 5.60 Å². The number of hydrogen-bond acceptors (Lipinski definition) is 7. The molecule has 0 aliphatic carbocycles. The largest absolute Gasteiger partial charge is 0.369 e. The minimum absolute atomic E-state index is 0.0721. The van der Waals surface area contributed by atoms with Crippen molar-refractivity contribution in [1.29, 1.82) is 0 Å². The molecular formula is C19H28N4OS2. The van der Waals surface area contributed by atoms with Crippen LogP contribution in [0.15, 0.2) is 5.16 Å². The highest BCUT2D eigenvalue weighted by atomic mass is 32.2. The molecule has 142 valence electrons. The number of fused-ring (bicyclic) bond motifs is 3. The van der Waals surface area contributed by atoms with E-state index in [0.29, 0.717) is 6.61 Å². The number of piperazine rings is 1. The van der Waals surface area contributed by atoms with Crippen molar-refractivity contribution in [3.8, 4) is 0 Å². The second kappa shape index (κ2) is 7.26. The molecule has 4 heterocycles. The number of thiophene rings is 1. The summed E-state index contributed by atoms with van der Waals surface area (Å²) in [5, 5.41) is 2.17. The van der Waals surface area contributed by atoms with Crippen molar-refractivity contribution in [3.63, 3.8) is 0 Å². The maximum Gasteiger partial charge on any atom is 0.190 e. The van der Waals surface area contributed by atoms with Gasteiger partial charge in [0, 0.05) is 37.5 Å². The Kier molecular flexibility index (Phi) is 5.16. The molecule has 5 nitrogen and oxygen atoms in total.